The summed E-state index contributed by atoms with van der Waals surface area (Å²) in [5, 5.41) is 9.21. The average molecular weight is 541 g/mol. The molecule has 0 aliphatic heterocycles. The van der Waals surface area contributed by atoms with Crippen LogP contribution in [0.3, 0.4) is 0 Å². The van der Waals surface area contributed by atoms with Crippen molar-refractivity contribution >= 4 is 22.1 Å². The Morgan fingerprint density at radius 1 is 0.750 bits per heavy atom. The Kier molecular flexibility index (Phi) is 26.1. The van der Waals surface area contributed by atoms with Crippen LogP contribution in [0.2, 0.25) is 0 Å². The topological polar surface area (TPSA) is 121 Å². The molecule has 0 rings (SSSR count). The number of ether oxygens (including phenoxy) is 1. The Morgan fingerprint density at radius 3 is 1.47 bits per heavy atom. The predicted molar refractivity (Wildman–Crippen MR) is 138 cm³/mol. The van der Waals surface area contributed by atoms with Gasteiger partial charge in [-0.2, -0.15) is 8.42 Å². The molecule has 2 atom stereocenters. The van der Waals surface area contributed by atoms with Crippen LogP contribution in [0.15, 0.2) is 12.2 Å². The zero-order chi connectivity index (χ0) is 26.4. The Bertz CT molecular complexity index is 680. The Morgan fingerprint density at radius 2 is 1.14 bits per heavy atom. The molecule has 9 heteroatoms. The van der Waals surface area contributed by atoms with Crippen LogP contribution in [0.5, 0.6) is 0 Å². The molecular weight excluding hydrogens is 491 g/mol. The second-order valence-electron chi connectivity index (χ2n) is 9.53. The Balaban J connectivity index is 0. The van der Waals surface area contributed by atoms with Gasteiger partial charge in [0.2, 0.25) is 0 Å². The minimum Gasteiger partial charge on any atom is -0.545 e. The summed E-state index contributed by atoms with van der Waals surface area (Å²) in [6.07, 6.45) is 21.5. The normalized spacial score (nSPS) is 13.3. The zero-order valence-corrected chi connectivity index (χ0v) is 25.9. The van der Waals surface area contributed by atoms with E-state index in [4.69, 9.17) is 4.74 Å². The van der Waals surface area contributed by atoms with Crippen molar-refractivity contribution in [3.05, 3.63) is 12.2 Å². The van der Waals surface area contributed by atoms with E-state index in [1.807, 2.05) is 0 Å². The third-order valence-corrected chi connectivity index (χ3v) is 7.82. The predicted octanol–water partition coefficient (Wildman–Crippen LogP) is 2.92. The van der Waals surface area contributed by atoms with Crippen molar-refractivity contribution in [3.63, 3.8) is 0 Å². The quantitative estimate of drug-likeness (QED) is 0.0657. The smallest absolute Gasteiger partial charge is 0.545 e. The third kappa shape index (κ3) is 22.8. The standard InChI is InChI=1S/C27H50O7S.Na/c1-3-5-6-7-8-9-10-11-12-13-14-15-16-17-18-19-20-21-24(25(4-2)35(31,32)33)34-27(30)23-22-26(28)29;/h22-25H,3-21H2,1-2H3,(H,28,29)(H,31,32,33);/q;+1/p-1/b23-22-;. The molecule has 0 aromatic carbocycles. The third-order valence-electron chi connectivity index (χ3n) is 6.41. The fourth-order valence-corrected chi connectivity index (χ4v) is 5.38. The summed E-state index contributed by atoms with van der Waals surface area (Å²) in [6.45, 7) is 3.84. The summed E-state index contributed by atoms with van der Waals surface area (Å²) >= 11 is 0. The van der Waals surface area contributed by atoms with E-state index >= 15 is 0 Å². The van der Waals surface area contributed by atoms with Gasteiger partial charge in [0.1, 0.15) is 11.4 Å². The van der Waals surface area contributed by atoms with E-state index < -0.39 is 33.4 Å². The van der Waals surface area contributed by atoms with Crippen molar-refractivity contribution in [2.45, 2.75) is 147 Å². The summed E-state index contributed by atoms with van der Waals surface area (Å²) in [5.41, 5.74) is 0. The summed E-state index contributed by atoms with van der Waals surface area (Å²) < 4.78 is 38.0. The van der Waals surface area contributed by atoms with E-state index in [9.17, 15) is 27.7 Å². The summed E-state index contributed by atoms with van der Waals surface area (Å²) in [4.78, 5) is 22.3. The number of esters is 1. The molecule has 0 fully saturated rings. The van der Waals surface area contributed by atoms with Crippen molar-refractivity contribution in [3.8, 4) is 0 Å². The van der Waals surface area contributed by atoms with Gasteiger partial charge in [-0.25, -0.2) is 4.79 Å². The molecular formula is C27H49NaO7S. The molecule has 2 unspecified atom stereocenters. The fraction of sp³-hybridized carbons (Fsp3) is 0.852. The van der Waals surface area contributed by atoms with Crippen LogP contribution in [0.25, 0.3) is 0 Å². The van der Waals surface area contributed by atoms with Crippen LogP contribution < -0.4 is 34.7 Å². The molecule has 0 aliphatic carbocycles. The van der Waals surface area contributed by atoms with Crippen LogP contribution >= 0.6 is 0 Å². The number of hydrogen-bond acceptors (Lipinski definition) is 6. The maximum Gasteiger partial charge on any atom is 1.00 e. The average Bonchev–Trinajstić information content (AvgIpc) is 2.79. The van der Waals surface area contributed by atoms with Gasteiger partial charge in [0.05, 0.1) is 5.97 Å². The van der Waals surface area contributed by atoms with Crippen LogP contribution in [0, 0.1) is 0 Å². The number of carbonyl (C=O) groups is 2. The summed E-state index contributed by atoms with van der Waals surface area (Å²) in [7, 11) is -4.39. The van der Waals surface area contributed by atoms with E-state index in [1.54, 1.807) is 6.92 Å². The SMILES string of the molecule is CCCCCCCCCCCCCCCCCCCC(OC(=O)/C=C\C(=O)[O-])C(CC)S(=O)(=O)O.[Na+]. The first kappa shape index (κ1) is 37.7. The molecule has 0 aliphatic rings. The van der Waals surface area contributed by atoms with Gasteiger partial charge in [-0.1, -0.05) is 117 Å². The van der Waals surface area contributed by atoms with E-state index in [2.05, 4.69) is 6.92 Å². The molecule has 0 saturated heterocycles. The van der Waals surface area contributed by atoms with Crippen LogP contribution in [-0.4, -0.2) is 36.3 Å². The first-order valence-electron chi connectivity index (χ1n) is 13.8. The van der Waals surface area contributed by atoms with Gasteiger partial charge in [0, 0.05) is 6.08 Å². The Labute approximate surface area is 242 Å². The number of unbranched alkanes of at least 4 members (excludes halogenated alkanes) is 16. The van der Waals surface area contributed by atoms with Crippen LogP contribution in [-0.2, 0) is 24.4 Å². The van der Waals surface area contributed by atoms with Crippen molar-refractivity contribution in [1.82, 2.24) is 0 Å². The fourth-order valence-electron chi connectivity index (χ4n) is 4.38. The largest absolute Gasteiger partial charge is 1.00 e. The second-order valence-corrected chi connectivity index (χ2v) is 11.2. The molecule has 0 amide bonds. The zero-order valence-electron chi connectivity index (χ0n) is 23.0. The van der Waals surface area contributed by atoms with Gasteiger partial charge in [-0.3, -0.25) is 4.55 Å². The molecule has 206 valence electrons. The molecule has 0 bridgehead atoms. The van der Waals surface area contributed by atoms with E-state index in [0.717, 1.165) is 19.3 Å². The van der Waals surface area contributed by atoms with Gasteiger partial charge >= 0.3 is 35.5 Å². The van der Waals surface area contributed by atoms with Crippen molar-refractivity contribution in [2.75, 3.05) is 0 Å². The number of rotatable bonds is 24. The number of carboxylic acids is 1. The maximum absolute atomic E-state index is 11.8. The van der Waals surface area contributed by atoms with Gasteiger partial charge in [-0.15, -0.1) is 0 Å². The maximum atomic E-state index is 11.8. The molecule has 0 saturated carbocycles. The number of aliphatic carboxylic acids is 1. The number of hydrogen-bond donors (Lipinski definition) is 1. The van der Waals surface area contributed by atoms with Crippen LogP contribution in [0.4, 0.5) is 0 Å². The first-order chi connectivity index (χ1) is 16.7. The number of carbonyl (C=O) groups excluding carboxylic acids is 2. The van der Waals surface area contributed by atoms with Gasteiger partial charge in [0.25, 0.3) is 10.1 Å². The van der Waals surface area contributed by atoms with E-state index in [-0.39, 0.29) is 36.0 Å². The number of carboxylic acid groups (broad SMARTS) is 1. The molecule has 0 heterocycles. The minimum atomic E-state index is -4.39. The van der Waals surface area contributed by atoms with E-state index in [0.29, 0.717) is 25.0 Å². The second kappa shape index (κ2) is 24.9. The van der Waals surface area contributed by atoms with Crippen molar-refractivity contribution in [1.29, 1.82) is 0 Å². The van der Waals surface area contributed by atoms with Gasteiger partial charge in [-0.05, 0) is 25.3 Å². The van der Waals surface area contributed by atoms with Crippen molar-refractivity contribution in [2.24, 2.45) is 0 Å². The molecule has 1 N–H and O–H groups in total. The summed E-state index contributed by atoms with van der Waals surface area (Å²) in [6, 6.07) is 0. The summed E-state index contributed by atoms with van der Waals surface area (Å²) in [5.74, 6) is -2.51. The van der Waals surface area contributed by atoms with Crippen LogP contribution in [0.1, 0.15) is 136 Å². The molecule has 0 spiro atoms. The Hall–Kier alpha value is -0.410. The van der Waals surface area contributed by atoms with Gasteiger partial charge in [0.15, 0.2) is 0 Å². The molecule has 0 aromatic heterocycles. The van der Waals surface area contributed by atoms with E-state index in [1.165, 1.54) is 83.5 Å². The minimum absolute atomic E-state index is 0. The first-order valence-corrected chi connectivity index (χ1v) is 15.3. The molecule has 0 aromatic rings. The molecule has 36 heavy (non-hydrogen) atoms. The monoisotopic (exact) mass is 540 g/mol. The molecule has 7 nitrogen and oxygen atoms in total. The van der Waals surface area contributed by atoms with Gasteiger partial charge < -0.3 is 14.6 Å². The molecule has 0 radical (unpaired) electrons. The van der Waals surface area contributed by atoms with Crippen molar-refractivity contribution < 1.29 is 62.0 Å².